The first kappa shape index (κ1) is 21.9. The summed E-state index contributed by atoms with van der Waals surface area (Å²) in [5.41, 5.74) is 0.908. The number of rotatable bonds is 12. The molecule has 0 aromatic heterocycles. The highest BCUT2D eigenvalue weighted by Gasteiger charge is 2.21. The summed E-state index contributed by atoms with van der Waals surface area (Å²) >= 11 is 0. The number of unbranched alkanes of at least 4 members (excludes halogenated alkanes) is 3. The Morgan fingerprint density at radius 3 is 2.25 bits per heavy atom. The van der Waals surface area contributed by atoms with E-state index >= 15 is 0 Å². The van der Waals surface area contributed by atoms with Gasteiger partial charge in [0.2, 0.25) is 10.0 Å². The lowest BCUT2D eigenvalue weighted by Crippen LogP contribution is -2.28. The number of benzene rings is 2. The van der Waals surface area contributed by atoms with E-state index in [1.807, 2.05) is 30.3 Å². The minimum absolute atomic E-state index is 0.173. The topological polar surface area (TPSA) is 92.7 Å². The Bertz CT molecular complexity index is 835. The van der Waals surface area contributed by atoms with Crippen LogP contribution < -0.4 is 9.46 Å². The number of carboxylic acids is 1. The van der Waals surface area contributed by atoms with E-state index in [0.29, 0.717) is 18.6 Å². The Balaban J connectivity index is 2.03. The zero-order chi connectivity index (χ0) is 20.4. The van der Waals surface area contributed by atoms with Gasteiger partial charge in [-0.25, -0.2) is 13.1 Å². The SMILES string of the molecule is COc1ccc(S(=O)(=O)NC(CCCCCCC(=O)O)c2ccccc2)cc1. The van der Waals surface area contributed by atoms with Crippen LogP contribution in [0.2, 0.25) is 0 Å². The van der Waals surface area contributed by atoms with Gasteiger partial charge in [-0.1, -0.05) is 49.6 Å². The molecule has 6 nitrogen and oxygen atoms in total. The Morgan fingerprint density at radius 2 is 1.64 bits per heavy atom. The molecule has 152 valence electrons. The molecular formula is C21H27NO5S. The third-order valence-electron chi connectivity index (χ3n) is 4.50. The molecular weight excluding hydrogens is 378 g/mol. The fourth-order valence-corrected chi connectivity index (χ4v) is 4.23. The van der Waals surface area contributed by atoms with Crippen LogP contribution in [0.4, 0.5) is 0 Å². The van der Waals surface area contributed by atoms with Gasteiger partial charge in [0.25, 0.3) is 0 Å². The molecule has 2 aromatic rings. The molecule has 7 heteroatoms. The molecule has 0 spiro atoms. The van der Waals surface area contributed by atoms with Gasteiger partial charge in [-0.3, -0.25) is 4.79 Å². The zero-order valence-electron chi connectivity index (χ0n) is 16.0. The maximum absolute atomic E-state index is 12.8. The van der Waals surface area contributed by atoms with Gasteiger partial charge in [-0.15, -0.1) is 0 Å². The van der Waals surface area contributed by atoms with Crippen molar-refractivity contribution in [3.63, 3.8) is 0 Å². The lowest BCUT2D eigenvalue weighted by molar-refractivity contribution is -0.137. The van der Waals surface area contributed by atoms with Gasteiger partial charge < -0.3 is 9.84 Å². The van der Waals surface area contributed by atoms with Crippen LogP contribution in [0.15, 0.2) is 59.5 Å². The quantitative estimate of drug-likeness (QED) is 0.518. The second-order valence-corrected chi connectivity index (χ2v) is 8.32. The first-order valence-corrected chi connectivity index (χ1v) is 10.8. The average Bonchev–Trinajstić information content (AvgIpc) is 2.70. The number of sulfonamides is 1. The Kier molecular flexibility index (Phi) is 8.47. The molecule has 0 aliphatic carbocycles. The van der Waals surface area contributed by atoms with Crippen molar-refractivity contribution in [1.82, 2.24) is 4.72 Å². The second kappa shape index (κ2) is 10.8. The zero-order valence-corrected chi connectivity index (χ0v) is 16.8. The maximum Gasteiger partial charge on any atom is 0.303 e. The van der Waals surface area contributed by atoms with Crippen LogP contribution in [0.5, 0.6) is 5.75 Å². The van der Waals surface area contributed by atoms with Crippen molar-refractivity contribution in [1.29, 1.82) is 0 Å². The molecule has 0 saturated heterocycles. The summed E-state index contributed by atoms with van der Waals surface area (Å²) < 4.78 is 33.5. The van der Waals surface area contributed by atoms with Crippen LogP contribution in [0, 0.1) is 0 Å². The molecule has 1 unspecified atom stereocenters. The van der Waals surface area contributed by atoms with Gasteiger partial charge >= 0.3 is 5.97 Å². The van der Waals surface area contributed by atoms with Gasteiger partial charge in [0, 0.05) is 12.5 Å². The smallest absolute Gasteiger partial charge is 0.303 e. The molecule has 0 aliphatic rings. The lowest BCUT2D eigenvalue weighted by atomic mass is 10.0. The van der Waals surface area contributed by atoms with Crippen LogP contribution in [-0.2, 0) is 14.8 Å². The summed E-state index contributed by atoms with van der Waals surface area (Å²) in [4.78, 5) is 10.8. The van der Waals surface area contributed by atoms with Crippen LogP contribution in [0.3, 0.4) is 0 Å². The van der Waals surface area contributed by atoms with Gasteiger partial charge in [-0.2, -0.15) is 0 Å². The molecule has 0 radical (unpaired) electrons. The van der Waals surface area contributed by atoms with E-state index in [4.69, 9.17) is 9.84 Å². The monoisotopic (exact) mass is 405 g/mol. The first-order chi connectivity index (χ1) is 13.4. The number of hydrogen-bond acceptors (Lipinski definition) is 4. The van der Waals surface area contributed by atoms with E-state index in [-0.39, 0.29) is 17.4 Å². The number of carboxylic acid groups (broad SMARTS) is 1. The van der Waals surface area contributed by atoms with Crippen LogP contribution >= 0.6 is 0 Å². The summed E-state index contributed by atoms with van der Waals surface area (Å²) in [6, 6.07) is 15.4. The fourth-order valence-electron chi connectivity index (χ4n) is 2.97. The van der Waals surface area contributed by atoms with Crippen molar-refractivity contribution in [3.8, 4) is 5.75 Å². The van der Waals surface area contributed by atoms with Crippen molar-refractivity contribution in [2.45, 2.75) is 49.5 Å². The lowest BCUT2D eigenvalue weighted by Gasteiger charge is -2.19. The third-order valence-corrected chi connectivity index (χ3v) is 5.99. The van der Waals surface area contributed by atoms with E-state index in [2.05, 4.69) is 4.72 Å². The van der Waals surface area contributed by atoms with Crippen molar-refractivity contribution in [2.24, 2.45) is 0 Å². The third kappa shape index (κ3) is 6.98. The first-order valence-electron chi connectivity index (χ1n) is 9.35. The van der Waals surface area contributed by atoms with E-state index in [1.165, 1.54) is 19.2 Å². The molecule has 0 amide bonds. The van der Waals surface area contributed by atoms with Crippen molar-refractivity contribution >= 4 is 16.0 Å². The van der Waals surface area contributed by atoms with Crippen LogP contribution in [-0.4, -0.2) is 26.6 Å². The van der Waals surface area contributed by atoms with Crippen molar-refractivity contribution in [2.75, 3.05) is 7.11 Å². The normalized spacial score (nSPS) is 12.5. The minimum atomic E-state index is -3.67. The predicted molar refractivity (Wildman–Crippen MR) is 108 cm³/mol. The largest absolute Gasteiger partial charge is 0.497 e. The van der Waals surface area contributed by atoms with Gasteiger partial charge in [0.15, 0.2) is 0 Å². The van der Waals surface area contributed by atoms with E-state index in [9.17, 15) is 13.2 Å². The molecule has 0 heterocycles. The molecule has 0 fully saturated rings. The summed E-state index contributed by atoms with van der Waals surface area (Å²) in [5, 5.41) is 8.69. The summed E-state index contributed by atoms with van der Waals surface area (Å²) in [6.45, 7) is 0. The van der Waals surface area contributed by atoms with Crippen molar-refractivity contribution < 1.29 is 23.1 Å². The van der Waals surface area contributed by atoms with Crippen molar-refractivity contribution in [3.05, 3.63) is 60.2 Å². The Hall–Kier alpha value is -2.38. The standard InChI is InChI=1S/C21H27NO5S/c1-27-18-13-15-19(16-14-18)28(25,26)22-20(17-9-5-4-6-10-17)11-7-2-3-8-12-21(23)24/h4-6,9-10,13-16,20,22H,2-3,7-8,11-12H2,1H3,(H,23,24). The molecule has 2 aromatic carbocycles. The Morgan fingerprint density at radius 1 is 1.00 bits per heavy atom. The van der Waals surface area contributed by atoms with Gasteiger partial charge in [-0.05, 0) is 42.7 Å². The van der Waals surface area contributed by atoms with Gasteiger partial charge in [0.05, 0.1) is 12.0 Å². The van der Waals surface area contributed by atoms with Crippen LogP contribution in [0.1, 0.15) is 50.1 Å². The van der Waals surface area contributed by atoms with Crippen LogP contribution in [0.25, 0.3) is 0 Å². The molecule has 28 heavy (non-hydrogen) atoms. The highest BCUT2D eigenvalue weighted by molar-refractivity contribution is 7.89. The number of carbonyl (C=O) groups is 1. The molecule has 2 rings (SSSR count). The number of nitrogens with one attached hydrogen (secondary N) is 1. The molecule has 1 atom stereocenters. The minimum Gasteiger partial charge on any atom is -0.497 e. The Labute approximate surface area is 166 Å². The number of ether oxygens (including phenoxy) is 1. The average molecular weight is 406 g/mol. The summed E-state index contributed by atoms with van der Waals surface area (Å²) in [7, 11) is -2.14. The molecule has 0 saturated carbocycles. The molecule has 2 N–H and O–H groups in total. The predicted octanol–water partition coefficient (Wildman–Crippen LogP) is 4.14. The highest BCUT2D eigenvalue weighted by atomic mass is 32.2. The fraction of sp³-hybridized carbons (Fsp3) is 0.381. The second-order valence-electron chi connectivity index (χ2n) is 6.61. The molecule has 0 bridgehead atoms. The summed E-state index contributed by atoms with van der Waals surface area (Å²) in [6.07, 6.45) is 3.95. The summed E-state index contributed by atoms with van der Waals surface area (Å²) in [5.74, 6) is -0.186. The number of aliphatic carboxylic acids is 1. The highest BCUT2D eigenvalue weighted by Crippen LogP contribution is 2.24. The van der Waals surface area contributed by atoms with E-state index < -0.39 is 16.0 Å². The van der Waals surface area contributed by atoms with E-state index in [0.717, 1.165) is 24.8 Å². The number of hydrogen-bond donors (Lipinski definition) is 2. The van der Waals surface area contributed by atoms with E-state index in [1.54, 1.807) is 12.1 Å². The maximum atomic E-state index is 12.8. The molecule has 0 aliphatic heterocycles. The van der Waals surface area contributed by atoms with Gasteiger partial charge in [0.1, 0.15) is 5.75 Å². The number of methoxy groups -OCH3 is 1.